The van der Waals surface area contributed by atoms with Crippen molar-refractivity contribution < 1.29 is 9.90 Å². The van der Waals surface area contributed by atoms with Gasteiger partial charge in [-0.05, 0) is 19.7 Å². The quantitative estimate of drug-likeness (QED) is 0.824. The number of hydrogen-bond donors (Lipinski definition) is 2. The van der Waals surface area contributed by atoms with Crippen LogP contribution in [0.25, 0.3) is 0 Å². The molecule has 0 saturated carbocycles. The average molecular weight is 288 g/mol. The lowest BCUT2D eigenvalue weighted by atomic mass is 10.2. The van der Waals surface area contributed by atoms with Crippen LogP contribution in [0, 0.1) is 0 Å². The van der Waals surface area contributed by atoms with E-state index in [0.717, 1.165) is 5.56 Å². The van der Waals surface area contributed by atoms with Crippen LogP contribution in [0.1, 0.15) is 5.56 Å². The molecule has 1 atom stereocenters. The van der Waals surface area contributed by atoms with E-state index in [4.69, 9.17) is 0 Å². The van der Waals surface area contributed by atoms with Gasteiger partial charge in [-0.25, -0.2) is 0 Å². The van der Waals surface area contributed by atoms with Gasteiger partial charge in [0.05, 0.1) is 13.2 Å². The van der Waals surface area contributed by atoms with E-state index in [1.165, 1.54) is 0 Å². The SMILES string of the molecule is CN(C)[C@@H](CO)C(=O)Nc1ccn(Cc2ccccc2)n1. The molecule has 6 heteroatoms. The first kappa shape index (κ1) is 15.2. The number of amides is 1. The number of hydrogen-bond acceptors (Lipinski definition) is 4. The van der Waals surface area contributed by atoms with Crippen molar-refractivity contribution in [3.8, 4) is 0 Å². The van der Waals surface area contributed by atoms with E-state index in [1.807, 2.05) is 36.5 Å². The van der Waals surface area contributed by atoms with Gasteiger partial charge >= 0.3 is 0 Å². The fourth-order valence-electron chi connectivity index (χ4n) is 1.98. The number of likely N-dealkylation sites (N-methyl/N-ethyl adjacent to an activating group) is 1. The molecule has 1 aromatic heterocycles. The number of nitrogens with zero attached hydrogens (tertiary/aromatic N) is 3. The van der Waals surface area contributed by atoms with Crippen LogP contribution in [-0.4, -0.2) is 52.4 Å². The molecule has 0 radical (unpaired) electrons. The van der Waals surface area contributed by atoms with Gasteiger partial charge in [0.2, 0.25) is 5.91 Å². The minimum atomic E-state index is -0.579. The predicted molar refractivity (Wildman–Crippen MR) is 81.0 cm³/mol. The van der Waals surface area contributed by atoms with Crippen molar-refractivity contribution in [3.05, 3.63) is 48.2 Å². The van der Waals surface area contributed by atoms with Crippen LogP contribution in [0.15, 0.2) is 42.6 Å². The third kappa shape index (κ3) is 4.14. The lowest BCUT2D eigenvalue weighted by molar-refractivity contribution is -0.121. The molecule has 0 saturated heterocycles. The van der Waals surface area contributed by atoms with Crippen molar-refractivity contribution in [2.24, 2.45) is 0 Å². The first-order chi connectivity index (χ1) is 10.1. The second-order valence-corrected chi connectivity index (χ2v) is 5.04. The van der Waals surface area contributed by atoms with Crippen LogP contribution < -0.4 is 5.32 Å². The molecular weight excluding hydrogens is 268 g/mol. The first-order valence-electron chi connectivity index (χ1n) is 6.75. The van der Waals surface area contributed by atoms with Crippen molar-refractivity contribution in [1.29, 1.82) is 0 Å². The summed E-state index contributed by atoms with van der Waals surface area (Å²) in [6.07, 6.45) is 1.81. The van der Waals surface area contributed by atoms with E-state index < -0.39 is 6.04 Å². The molecule has 2 N–H and O–H groups in total. The Morgan fingerprint density at radius 3 is 2.67 bits per heavy atom. The maximum atomic E-state index is 12.0. The molecule has 112 valence electrons. The molecule has 0 spiro atoms. The number of rotatable bonds is 6. The molecule has 0 unspecified atom stereocenters. The molecule has 0 bridgehead atoms. The summed E-state index contributed by atoms with van der Waals surface area (Å²) in [5.41, 5.74) is 1.14. The number of aromatic nitrogens is 2. The molecule has 2 aromatic rings. The van der Waals surface area contributed by atoms with Crippen molar-refractivity contribution in [3.63, 3.8) is 0 Å². The fraction of sp³-hybridized carbons (Fsp3) is 0.333. The van der Waals surface area contributed by atoms with Crippen LogP contribution >= 0.6 is 0 Å². The average Bonchev–Trinajstić information content (AvgIpc) is 2.87. The van der Waals surface area contributed by atoms with Crippen LogP contribution in [-0.2, 0) is 11.3 Å². The highest BCUT2D eigenvalue weighted by Gasteiger charge is 2.20. The van der Waals surface area contributed by atoms with Crippen LogP contribution in [0.4, 0.5) is 5.82 Å². The Morgan fingerprint density at radius 1 is 1.33 bits per heavy atom. The van der Waals surface area contributed by atoms with E-state index in [2.05, 4.69) is 10.4 Å². The summed E-state index contributed by atoms with van der Waals surface area (Å²) >= 11 is 0. The fourth-order valence-corrected chi connectivity index (χ4v) is 1.98. The van der Waals surface area contributed by atoms with Crippen LogP contribution in [0.2, 0.25) is 0 Å². The van der Waals surface area contributed by atoms with Gasteiger partial charge in [-0.1, -0.05) is 30.3 Å². The Hall–Kier alpha value is -2.18. The summed E-state index contributed by atoms with van der Waals surface area (Å²) in [5.74, 6) is 0.212. The van der Waals surface area contributed by atoms with Crippen molar-refractivity contribution >= 4 is 11.7 Å². The molecular formula is C15H20N4O2. The second-order valence-electron chi connectivity index (χ2n) is 5.04. The minimum absolute atomic E-state index is 0.233. The van der Waals surface area contributed by atoms with Crippen LogP contribution in [0.5, 0.6) is 0 Å². The Balaban J connectivity index is 1.98. The Bertz CT molecular complexity index is 580. The highest BCUT2D eigenvalue weighted by Crippen LogP contribution is 2.07. The number of carbonyl (C=O) groups is 1. The lowest BCUT2D eigenvalue weighted by Crippen LogP contribution is -2.42. The molecule has 1 aromatic carbocycles. The van der Waals surface area contributed by atoms with Gasteiger partial charge in [0.1, 0.15) is 6.04 Å². The molecule has 0 aliphatic heterocycles. The third-order valence-corrected chi connectivity index (χ3v) is 3.18. The van der Waals surface area contributed by atoms with Gasteiger partial charge in [0.25, 0.3) is 0 Å². The molecule has 1 heterocycles. The first-order valence-corrected chi connectivity index (χ1v) is 6.75. The summed E-state index contributed by atoms with van der Waals surface area (Å²) in [6.45, 7) is 0.414. The Morgan fingerprint density at radius 2 is 2.05 bits per heavy atom. The van der Waals surface area contributed by atoms with Gasteiger partial charge in [0.15, 0.2) is 5.82 Å². The number of aliphatic hydroxyl groups excluding tert-OH is 1. The van der Waals surface area contributed by atoms with Gasteiger partial charge in [0, 0.05) is 12.3 Å². The maximum Gasteiger partial charge on any atom is 0.245 e. The van der Waals surface area contributed by atoms with Crippen molar-refractivity contribution in [2.45, 2.75) is 12.6 Å². The molecule has 2 rings (SSSR count). The zero-order valence-corrected chi connectivity index (χ0v) is 12.2. The maximum absolute atomic E-state index is 12.0. The Labute approximate surface area is 124 Å². The molecule has 21 heavy (non-hydrogen) atoms. The largest absolute Gasteiger partial charge is 0.394 e. The number of nitrogens with one attached hydrogen (secondary N) is 1. The van der Waals surface area contributed by atoms with Gasteiger partial charge in [-0.2, -0.15) is 5.10 Å². The van der Waals surface area contributed by atoms with E-state index in [9.17, 15) is 9.90 Å². The molecule has 0 aliphatic rings. The van der Waals surface area contributed by atoms with E-state index in [-0.39, 0.29) is 12.5 Å². The number of carbonyl (C=O) groups excluding carboxylic acids is 1. The minimum Gasteiger partial charge on any atom is -0.394 e. The molecule has 0 fully saturated rings. The zero-order chi connectivity index (χ0) is 15.2. The smallest absolute Gasteiger partial charge is 0.245 e. The molecule has 6 nitrogen and oxygen atoms in total. The summed E-state index contributed by atoms with van der Waals surface area (Å²) in [7, 11) is 3.49. The monoisotopic (exact) mass is 288 g/mol. The van der Waals surface area contributed by atoms with Gasteiger partial charge < -0.3 is 10.4 Å². The standard InChI is InChI=1S/C15H20N4O2/c1-18(2)13(11-20)15(21)16-14-8-9-19(17-14)10-12-6-4-3-5-7-12/h3-9,13,20H,10-11H2,1-2H3,(H,16,17,21)/t13-/m0/s1. The summed E-state index contributed by atoms with van der Waals surface area (Å²) in [5, 5.41) is 16.2. The Kier molecular flexibility index (Phi) is 5.08. The zero-order valence-electron chi connectivity index (χ0n) is 12.2. The third-order valence-electron chi connectivity index (χ3n) is 3.18. The molecule has 1 amide bonds. The van der Waals surface area contributed by atoms with Gasteiger partial charge in [-0.15, -0.1) is 0 Å². The van der Waals surface area contributed by atoms with E-state index >= 15 is 0 Å². The van der Waals surface area contributed by atoms with Crippen molar-refractivity contribution in [1.82, 2.24) is 14.7 Å². The summed E-state index contributed by atoms with van der Waals surface area (Å²) in [4.78, 5) is 13.7. The summed E-state index contributed by atoms with van der Waals surface area (Å²) in [6, 6.07) is 11.1. The summed E-state index contributed by atoms with van der Waals surface area (Å²) < 4.78 is 1.76. The highest BCUT2D eigenvalue weighted by molar-refractivity contribution is 5.94. The lowest BCUT2D eigenvalue weighted by Gasteiger charge is -2.20. The topological polar surface area (TPSA) is 70.4 Å². The normalized spacial score (nSPS) is 12.4. The van der Waals surface area contributed by atoms with Crippen molar-refractivity contribution in [2.75, 3.05) is 26.0 Å². The number of anilines is 1. The predicted octanol–water partition coefficient (Wildman–Crippen LogP) is 0.792. The molecule has 0 aliphatic carbocycles. The van der Waals surface area contributed by atoms with Gasteiger partial charge in [-0.3, -0.25) is 14.4 Å². The van der Waals surface area contributed by atoms with E-state index in [0.29, 0.717) is 12.4 Å². The van der Waals surface area contributed by atoms with Crippen LogP contribution in [0.3, 0.4) is 0 Å². The number of benzene rings is 1. The van der Waals surface area contributed by atoms with E-state index in [1.54, 1.807) is 29.7 Å². The second kappa shape index (κ2) is 7.01. The highest BCUT2D eigenvalue weighted by atomic mass is 16.3. The number of aliphatic hydroxyl groups is 1.